The van der Waals surface area contributed by atoms with Crippen LogP contribution >= 0.6 is 0 Å². The lowest BCUT2D eigenvalue weighted by Gasteiger charge is -2.16. The molecule has 2 aromatic rings. The summed E-state index contributed by atoms with van der Waals surface area (Å²) in [5.41, 5.74) is 3.15. The molecule has 0 saturated heterocycles. The topological polar surface area (TPSA) is 58.6 Å². The van der Waals surface area contributed by atoms with Gasteiger partial charge in [0.05, 0.1) is 5.56 Å². The highest BCUT2D eigenvalue weighted by molar-refractivity contribution is 5.96. The van der Waals surface area contributed by atoms with E-state index >= 15 is 0 Å². The van der Waals surface area contributed by atoms with Gasteiger partial charge in [0.1, 0.15) is 0 Å². The smallest absolute Gasteiger partial charge is 0.338 e. The number of anilines is 2. The summed E-state index contributed by atoms with van der Waals surface area (Å²) in [6.45, 7) is 3.90. The fourth-order valence-corrected chi connectivity index (χ4v) is 2.57. The van der Waals surface area contributed by atoms with Crippen LogP contribution in [0.1, 0.15) is 42.1 Å². The van der Waals surface area contributed by atoms with Crippen LogP contribution in [-0.4, -0.2) is 32.6 Å². The summed E-state index contributed by atoms with van der Waals surface area (Å²) in [7, 11) is 3.79. The van der Waals surface area contributed by atoms with Crippen molar-refractivity contribution in [1.82, 2.24) is 0 Å². The van der Waals surface area contributed by atoms with Crippen molar-refractivity contribution in [2.45, 2.75) is 26.2 Å². The summed E-state index contributed by atoms with van der Waals surface area (Å²) >= 11 is 0. The molecule has 5 nitrogen and oxygen atoms in total. The summed E-state index contributed by atoms with van der Waals surface area (Å²) in [6, 6.07) is 14.8. The lowest BCUT2D eigenvalue weighted by molar-refractivity contribution is -0.119. The number of hydrogen-bond donors (Lipinski definition) is 1. The van der Waals surface area contributed by atoms with Gasteiger partial charge in [-0.25, -0.2) is 4.79 Å². The van der Waals surface area contributed by atoms with Crippen molar-refractivity contribution < 1.29 is 14.3 Å². The number of para-hydroxylation sites is 1. The maximum absolute atomic E-state index is 12.2. The van der Waals surface area contributed by atoms with Crippen molar-refractivity contribution >= 4 is 23.3 Å². The third kappa shape index (κ3) is 5.09. The molecule has 0 spiro atoms. The first-order valence-corrected chi connectivity index (χ1v) is 8.75. The van der Waals surface area contributed by atoms with Gasteiger partial charge in [0.2, 0.25) is 0 Å². The molecule has 0 aliphatic heterocycles. The second-order valence-corrected chi connectivity index (χ2v) is 6.47. The fraction of sp³-hybridized carbons (Fsp3) is 0.333. The Morgan fingerprint density at radius 1 is 1.12 bits per heavy atom. The van der Waals surface area contributed by atoms with Gasteiger partial charge in [-0.05, 0) is 42.2 Å². The van der Waals surface area contributed by atoms with Gasteiger partial charge >= 0.3 is 5.97 Å². The lowest BCUT2D eigenvalue weighted by Crippen LogP contribution is -2.22. The predicted molar refractivity (Wildman–Crippen MR) is 105 cm³/mol. The first kappa shape index (κ1) is 19.5. The molecule has 0 heterocycles. The second kappa shape index (κ2) is 9.04. The molecule has 138 valence electrons. The number of amides is 1. The quantitative estimate of drug-likeness (QED) is 0.762. The Morgan fingerprint density at radius 3 is 2.54 bits per heavy atom. The van der Waals surface area contributed by atoms with Crippen molar-refractivity contribution in [3.8, 4) is 0 Å². The molecular weight excluding hydrogens is 328 g/mol. The Kier molecular flexibility index (Phi) is 6.78. The van der Waals surface area contributed by atoms with E-state index in [0.717, 1.165) is 23.4 Å². The highest BCUT2D eigenvalue weighted by Crippen LogP contribution is 2.26. The molecule has 0 aliphatic rings. The Labute approximate surface area is 155 Å². The largest absolute Gasteiger partial charge is 0.452 e. The van der Waals surface area contributed by atoms with Crippen LogP contribution in [0.4, 0.5) is 11.4 Å². The SMILES string of the molecule is CCC(C)c1ccccc1NC(=O)COC(=O)c1cccc(N(C)C)c1. The van der Waals surface area contributed by atoms with Crippen LogP contribution in [0.2, 0.25) is 0 Å². The summed E-state index contributed by atoms with van der Waals surface area (Å²) < 4.78 is 5.15. The van der Waals surface area contributed by atoms with E-state index in [1.165, 1.54) is 0 Å². The number of nitrogens with zero attached hydrogens (tertiary/aromatic N) is 1. The van der Waals surface area contributed by atoms with Crippen LogP contribution in [0.5, 0.6) is 0 Å². The van der Waals surface area contributed by atoms with Gasteiger partial charge in [-0.15, -0.1) is 0 Å². The van der Waals surface area contributed by atoms with Crippen molar-refractivity contribution in [1.29, 1.82) is 0 Å². The zero-order valence-corrected chi connectivity index (χ0v) is 15.8. The number of benzene rings is 2. The Bertz CT molecular complexity index is 771. The summed E-state index contributed by atoms with van der Waals surface area (Å²) in [5.74, 6) is -0.528. The van der Waals surface area contributed by atoms with Crippen molar-refractivity contribution in [2.24, 2.45) is 0 Å². The maximum atomic E-state index is 12.2. The second-order valence-electron chi connectivity index (χ2n) is 6.47. The third-order valence-electron chi connectivity index (χ3n) is 4.31. The molecule has 5 heteroatoms. The van der Waals surface area contributed by atoms with E-state index in [9.17, 15) is 9.59 Å². The summed E-state index contributed by atoms with van der Waals surface area (Å²) in [6.07, 6.45) is 0.976. The van der Waals surface area contributed by atoms with Crippen molar-refractivity contribution in [3.05, 3.63) is 59.7 Å². The number of carbonyl (C=O) groups excluding carboxylic acids is 2. The maximum Gasteiger partial charge on any atom is 0.338 e. The minimum Gasteiger partial charge on any atom is -0.452 e. The Hall–Kier alpha value is -2.82. The summed E-state index contributed by atoms with van der Waals surface area (Å²) in [4.78, 5) is 26.3. The normalized spacial score (nSPS) is 11.5. The average molecular weight is 354 g/mol. The Balaban J connectivity index is 1.97. The van der Waals surface area contributed by atoms with Crippen LogP contribution in [0.25, 0.3) is 0 Å². The zero-order valence-electron chi connectivity index (χ0n) is 15.8. The van der Waals surface area contributed by atoms with Gasteiger partial charge in [0.25, 0.3) is 5.91 Å². The van der Waals surface area contributed by atoms with E-state index in [4.69, 9.17) is 4.74 Å². The minimum absolute atomic E-state index is 0.320. The molecule has 1 atom stereocenters. The first-order valence-electron chi connectivity index (χ1n) is 8.75. The van der Waals surface area contributed by atoms with Crippen LogP contribution < -0.4 is 10.2 Å². The van der Waals surface area contributed by atoms with Crippen LogP contribution in [0.15, 0.2) is 48.5 Å². The van der Waals surface area contributed by atoms with Crippen LogP contribution in [0.3, 0.4) is 0 Å². The van der Waals surface area contributed by atoms with Crippen LogP contribution in [0, 0.1) is 0 Å². The van der Waals surface area contributed by atoms with Crippen molar-refractivity contribution in [2.75, 3.05) is 30.9 Å². The highest BCUT2D eigenvalue weighted by Gasteiger charge is 2.14. The Morgan fingerprint density at radius 2 is 1.85 bits per heavy atom. The molecule has 2 rings (SSSR count). The van der Waals surface area contributed by atoms with Gasteiger partial charge < -0.3 is 15.0 Å². The van der Waals surface area contributed by atoms with E-state index in [2.05, 4.69) is 19.2 Å². The first-order chi connectivity index (χ1) is 12.4. The molecule has 0 aromatic heterocycles. The van der Waals surface area contributed by atoms with Gasteiger partial charge in [-0.1, -0.05) is 38.1 Å². The van der Waals surface area contributed by atoms with Crippen molar-refractivity contribution in [3.63, 3.8) is 0 Å². The van der Waals surface area contributed by atoms with Crippen LogP contribution in [-0.2, 0) is 9.53 Å². The molecule has 0 radical (unpaired) electrons. The monoisotopic (exact) mass is 354 g/mol. The molecule has 0 saturated carbocycles. The number of hydrogen-bond acceptors (Lipinski definition) is 4. The molecule has 1 amide bonds. The minimum atomic E-state index is -0.515. The summed E-state index contributed by atoms with van der Waals surface area (Å²) in [5, 5.41) is 2.84. The molecule has 26 heavy (non-hydrogen) atoms. The lowest BCUT2D eigenvalue weighted by atomic mass is 9.97. The number of carbonyl (C=O) groups is 2. The van der Waals surface area contributed by atoms with Gasteiger partial charge in [0.15, 0.2) is 6.61 Å². The molecule has 0 aliphatic carbocycles. The third-order valence-corrected chi connectivity index (χ3v) is 4.31. The number of esters is 1. The molecule has 1 N–H and O–H groups in total. The van der Waals surface area contributed by atoms with E-state index < -0.39 is 5.97 Å². The molecular formula is C21H26N2O3. The highest BCUT2D eigenvalue weighted by atomic mass is 16.5. The molecule has 1 unspecified atom stereocenters. The van der Waals surface area contributed by atoms with Gasteiger partial charge in [-0.3, -0.25) is 4.79 Å². The van der Waals surface area contributed by atoms with Gasteiger partial charge in [-0.2, -0.15) is 0 Å². The van der Waals surface area contributed by atoms with E-state index in [0.29, 0.717) is 11.5 Å². The average Bonchev–Trinajstić information content (AvgIpc) is 2.66. The standard InChI is InChI=1S/C21H26N2O3/c1-5-15(2)18-11-6-7-12-19(18)22-20(24)14-26-21(25)16-9-8-10-17(13-16)23(3)4/h6-13,15H,5,14H2,1-4H3,(H,22,24). The zero-order chi connectivity index (χ0) is 19.1. The van der Waals surface area contributed by atoms with E-state index in [1.54, 1.807) is 18.2 Å². The predicted octanol–water partition coefficient (Wildman–Crippen LogP) is 4.06. The van der Waals surface area contributed by atoms with E-state index in [-0.39, 0.29) is 12.5 Å². The van der Waals surface area contributed by atoms with Gasteiger partial charge in [0, 0.05) is 25.5 Å². The number of ether oxygens (including phenoxy) is 1. The molecule has 0 fully saturated rings. The number of nitrogens with one attached hydrogen (secondary N) is 1. The molecule has 2 aromatic carbocycles. The molecule has 0 bridgehead atoms. The fourth-order valence-electron chi connectivity index (χ4n) is 2.57. The number of rotatable bonds is 7. The van der Waals surface area contributed by atoms with E-state index in [1.807, 2.05) is 49.3 Å².